The van der Waals surface area contributed by atoms with E-state index in [1.54, 1.807) is 0 Å². The average Bonchev–Trinajstić information content (AvgIpc) is 2.72. The molecule has 17 heavy (non-hydrogen) atoms. The molecule has 1 fully saturated rings. The van der Waals surface area contributed by atoms with Crippen LogP contribution < -0.4 is 5.73 Å². The lowest BCUT2D eigenvalue weighted by atomic mass is 10.2. The van der Waals surface area contributed by atoms with Gasteiger partial charge in [-0.05, 0) is 19.8 Å². The number of carbonyl (C=O) groups is 1. The van der Waals surface area contributed by atoms with E-state index in [1.165, 1.54) is 32.8 Å². The Morgan fingerprint density at radius 1 is 1.59 bits per heavy atom. The van der Waals surface area contributed by atoms with Gasteiger partial charge in [-0.15, -0.1) is 0 Å². The summed E-state index contributed by atoms with van der Waals surface area (Å²) in [7, 11) is 0. The maximum atomic E-state index is 12.1. The van der Waals surface area contributed by atoms with E-state index in [4.69, 9.17) is 5.73 Å². The SMILES string of the molecule is C/C=C(/F)C=NC(C)=O.C[C@H]1CC[C@@H](CN)S1. The van der Waals surface area contributed by atoms with E-state index >= 15 is 0 Å². The minimum atomic E-state index is -0.495. The fraction of sp³-hybridized carbons (Fsp3) is 0.667. The first-order valence-corrected chi connectivity index (χ1v) is 6.65. The molecule has 0 aromatic carbocycles. The smallest absolute Gasteiger partial charge is 0.242 e. The summed E-state index contributed by atoms with van der Waals surface area (Å²) in [6, 6.07) is 0. The second-order valence-corrected chi connectivity index (χ2v) is 5.58. The molecule has 98 valence electrons. The molecule has 0 saturated carbocycles. The quantitative estimate of drug-likeness (QED) is 0.777. The van der Waals surface area contributed by atoms with Gasteiger partial charge in [0.1, 0.15) is 5.83 Å². The lowest BCUT2D eigenvalue weighted by molar-refractivity contribution is -0.115. The molecule has 0 spiro atoms. The number of rotatable bonds is 2. The highest BCUT2D eigenvalue weighted by molar-refractivity contribution is 8.00. The monoisotopic (exact) mass is 260 g/mol. The first kappa shape index (κ1) is 16.3. The number of hydrogen-bond acceptors (Lipinski definition) is 3. The van der Waals surface area contributed by atoms with E-state index < -0.39 is 11.7 Å². The van der Waals surface area contributed by atoms with Crippen molar-refractivity contribution in [3.05, 3.63) is 11.9 Å². The molecule has 0 aromatic heterocycles. The molecule has 1 heterocycles. The Labute approximate surface area is 107 Å². The van der Waals surface area contributed by atoms with Gasteiger partial charge in [-0.1, -0.05) is 13.0 Å². The summed E-state index contributed by atoms with van der Waals surface area (Å²) in [5.41, 5.74) is 5.48. The molecule has 1 amide bonds. The number of carbonyl (C=O) groups excluding carboxylic acids is 1. The number of amides is 1. The molecule has 1 rings (SSSR count). The molecule has 1 saturated heterocycles. The molecule has 0 bridgehead atoms. The number of allylic oxidation sites excluding steroid dienone is 2. The van der Waals surface area contributed by atoms with Crippen LogP contribution in [0.1, 0.15) is 33.6 Å². The van der Waals surface area contributed by atoms with Crippen molar-refractivity contribution in [2.75, 3.05) is 6.54 Å². The van der Waals surface area contributed by atoms with Gasteiger partial charge in [0.2, 0.25) is 5.91 Å². The third kappa shape index (κ3) is 9.06. The Kier molecular flexibility index (Phi) is 8.99. The predicted molar refractivity (Wildman–Crippen MR) is 73.2 cm³/mol. The Hall–Kier alpha value is -0.680. The maximum Gasteiger partial charge on any atom is 0.242 e. The van der Waals surface area contributed by atoms with Crippen molar-refractivity contribution in [3.63, 3.8) is 0 Å². The lowest BCUT2D eigenvalue weighted by Gasteiger charge is -2.02. The predicted octanol–water partition coefficient (Wildman–Crippen LogP) is 2.71. The van der Waals surface area contributed by atoms with Crippen LogP contribution in [0.25, 0.3) is 0 Å². The highest BCUT2D eigenvalue weighted by Crippen LogP contribution is 2.31. The number of thioether (sulfide) groups is 1. The Morgan fingerprint density at radius 2 is 2.24 bits per heavy atom. The normalized spacial score (nSPS) is 24.6. The van der Waals surface area contributed by atoms with Crippen LogP contribution in [0.3, 0.4) is 0 Å². The Balaban J connectivity index is 0.000000302. The second kappa shape index (κ2) is 9.36. The van der Waals surface area contributed by atoms with E-state index in [2.05, 4.69) is 11.9 Å². The summed E-state index contributed by atoms with van der Waals surface area (Å²) in [5, 5.41) is 1.63. The molecule has 5 heteroatoms. The molecule has 1 aliphatic heterocycles. The Morgan fingerprint density at radius 3 is 2.53 bits per heavy atom. The van der Waals surface area contributed by atoms with Crippen molar-refractivity contribution >= 4 is 23.9 Å². The number of aliphatic imine (C=N–C) groups is 1. The molecule has 2 atom stereocenters. The standard InChI is InChI=1S/C6H8FNO.C6H13NS/c1-3-6(7)4-8-5(2)9;1-5-2-3-6(4-7)8-5/h3-4H,1-2H3;5-6H,2-4,7H2,1H3/b6-3+,8-4?;/t;5-,6-/m.0/s1. The molecular formula is C12H21FN2OS. The van der Waals surface area contributed by atoms with Crippen molar-refractivity contribution in [2.45, 2.75) is 44.1 Å². The summed E-state index contributed by atoms with van der Waals surface area (Å²) >= 11 is 2.04. The van der Waals surface area contributed by atoms with Crippen molar-refractivity contribution in [1.29, 1.82) is 0 Å². The topological polar surface area (TPSA) is 55.5 Å². The summed E-state index contributed by atoms with van der Waals surface area (Å²) in [4.78, 5) is 13.3. The molecule has 0 aromatic rings. The fourth-order valence-corrected chi connectivity index (χ4v) is 2.60. The number of hydrogen-bond donors (Lipinski definition) is 1. The highest BCUT2D eigenvalue weighted by atomic mass is 32.2. The largest absolute Gasteiger partial charge is 0.329 e. The minimum absolute atomic E-state index is 0.396. The zero-order valence-corrected chi connectivity index (χ0v) is 11.5. The molecular weight excluding hydrogens is 239 g/mol. The number of nitrogens with zero attached hydrogens (tertiary/aromatic N) is 1. The van der Waals surface area contributed by atoms with Gasteiger partial charge in [0, 0.05) is 24.0 Å². The summed E-state index contributed by atoms with van der Waals surface area (Å²) < 4.78 is 12.1. The van der Waals surface area contributed by atoms with Crippen molar-refractivity contribution in [3.8, 4) is 0 Å². The van der Waals surface area contributed by atoms with E-state index in [-0.39, 0.29) is 0 Å². The Bertz CT molecular complexity index is 292. The molecule has 3 nitrogen and oxygen atoms in total. The molecule has 0 aliphatic carbocycles. The summed E-state index contributed by atoms with van der Waals surface area (Å²) in [6.07, 6.45) is 4.82. The van der Waals surface area contributed by atoms with E-state index in [0.717, 1.165) is 23.3 Å². The van der Waals surface area contributed by atoms with Crippen LogP contribution in [0, 0.1) is 0 Å². The van der Waals surface area contributed by atoms with Crippen LogP contribution in [-0.4, -0.2) is 29.2 Å². The zero-order valence-electron chi connectivity index (χ0n) is 10.6. The van der Waals surface area contributed by atoms with E-state index in [1.807, 2.05) is 11.8 Å². The van der Waals surface area contributed by atoms with Crippen molar-refractivity contribution in [1.82, 2.24) is 0 Å². The average molecular weight is 260 g/mol. The van der Waals surface area contributed by atoms with Crippen LogP contribution in [0.5, 0.6) is 0 Å². The number of halogens is 1. The maximum absolute atomic E-state index is 12.1. The van der Waals surface area contributed by atoms with Crippen molar-refractivity contribution < 1.29 is 9.18 Å². The first-order chi connectivity index (χ1) is 7.99. The fourth-order valence-electron chi connectivity index (χ4n) is 1.29. The van der Waals surface area contributed by atoms with Crippen LogP contribution in [0.2, 0.25) is 0 Å². The van der Waals surface area contributed by atoms with Gasteiger partial charge in [0.25, 0.3) is 0 Å². The third-order valence-electron chi connectivity index (χ3n) is 2.23. The van der Waals surface area contributed by atoms with Gasteiger partial charge < -0.3 is 5.73 Å². The molecule has 1 aliphatic rings. The van der Waals surface area contributed by atoms with Gasteiger partial charge in [-0.25, -0.2) is 9.38 Å². The van der Waals surface area contributed by atoms with Crippen LogP contribution in [-0.2, 0) is 4.79 Å². The van der Waals surface area contributed by atoms with Gasteiger partial charge in [0.15, 0.2) is 0 Å². The lowest BCUT2D eigenvalue weighted by Crippen LogP contribution is -2.12. The third-order valence-corrected chi connectivity index (χ3v) is 3.74. The summed E-state index contributed by atoms with van der Waals surface area (Å²) in [5.74, 6) is -0.891. The van der Waals surface area contributed by atoms with Gasteiger partial charge in [0.05, 0.1) is 6.21 Å². The second-order valence-electron chi connectivity index (χ2n) is 3.83. The van der Waals surface area contributed by atoms with Crippen molar-refractivity contribution in [2.24, 2.45) is 10.7 Å². The molecule has 0 radical (unpaired) electrons. The molecule has 2 N–H and O–H groups in total. The minimum Gasteiger partial charge on any atom is -0.329 e. The van der Waals surface area contributed by atoms with Gasteiger partial charge in [-0.2, -0.15) is 11.8 Å². The van der Waals surface area contributed by atoms with Crippen LogP contribution in [0.15, 0.2) is 16.9 Å². The first-order valence-electron chi connectivity index (χ1n) is 5.71. The van der Waals surface area contributed by atoms with Gasteiger partial charge >= 0.3 is 0 Å². The number of nitrogens with two attached hydrogens (primary N) is 1. The zero-order chi connectivity index (χ0) is 13.3. The van der Waals surface area contributed by atoms with E-state index in [0.29, 0.717) is 0 Å². The highest BCUT2D eigenvalue weighted by Gasteiger charge is 2.19. The molecule has 0 unspecified atom stereocenters. The van der Waals surface area contributed by atoms with Gasteiger partial charge in [-0.3, -0.25) is 4.79 Å². The van der Waals surface area contributed by atoms with Crippen LogP contribution in [0.4, 0.5) is 4.39 Å². The van der Waals surface area contributed by atoms with Crippen LogP contribution >= 0.6 is 11.8 Å². The van der Waals surface area contributed by atoms with E-state index in [9.17, 15) is 9.18 Å². The summed E-state index contributed by atoms with van der Waals surface area (Å²) in [6.45, 7) is 5.94.